The average Bonchev–Trinajstić information content (AvgIpc) is 2.58. The van der Waals surface area contributed by atoms with Gasteiger partial charge in [-0.3, -0.25) is 9.36 Å². The highest BCUT2D eigenvalue weighted by molar-refractivity contribution is 5.84. The second-order valence-corrected chi connectivity index (χ2v) is 4.87. The minimum absolute atomic E-state index is 0.108. The summed E-state index contributed by atoms with van der Waals surface area (Å²) in [5.41, 5.74) is 1.88. The predicted octanol–water partition coefficient (Wildman–Crippen LogP) is 2.64. The van der Waals surface area contributed by atoms with E-state index < -0.39 is 0 Å². The monoisotopic (exact) mass is 205 g/mol. The fourth-order valence-corrected chi connectivity index (χ4v) is 1.58. The molecule has 1 aliphatic heterocycles. The molecule has 0 bridgehead atoms. The van der Waals surface area contributed by atoms with Gasteiger partial charge in [-0.15, -0.1) is 0 Å². The molecular weight excluding hydrogens is 190 g/mol. The highest BCUT2D eigenvalue weighted by Gasteiger charge is 2.24. The average molecular weight is 205 g/mol. The van der Waals surface area contributed by atoms with Gasteiger partial charge in [0.05, 0.1) is 13.1 Å². The zero-order chi connectivity index (χ0) is 11.1. The standard InChI is InChI=1S/C11H15N3O/c1-11(2,3)10(15)14-6-8-4-12-13-5-9(8)7-14/h6-7H,4-5H2,1-3H3. The number of carbonyl (C=O) groups is 1. The molecule has 0 fully saturated rings. The minimum Gasteiger partial charge on any atom is -0.294 e. The van der Waals surface area contributed by atoms with Gasteiger partial charge in [0.1, 0.15) is 0 Å². The summed E-state index contributed by atoms with van der Waals surface area (Å²) < 4.78 is 1.67. The maximum Gasteiger partial charge on any atom is 0.235 e. The highest BCUT2D eigenvalue weighted by atomic mass is 16.2. The van der Waals surface area contributed by atoms with Crippen molar-refractivity contribution in [1.29, 1.82) is 0 Å². The Balaban J connectivity index is 2.32. The second kappa shape index (κ2) is 3.29. The molecule has 80 valence electrons. The van der Waals surface area contributed by atoms with Gasteiger partial charge in [-0.1, -0.05) is 20.8 Å². The first-order valence-corrected chi connectivity index (χ1v) is 5.06. The van der Waals surface area contributed by atoms with Crippen LogP contribution in [-0.2, 0) is 13.1 Å². The first kappa shape index (κ1) is 10.1. The second-order valence-electron chi connectivity index (χ2n) is 4.87. The number of carbonyl (C=O) groups excluding carboxylic acids is 1. The molecule has 0 N–H and O–H groups in total. The number of aromatic nitrogens is 1. The van der Waals surface area contributed by atoms with Gasteiger partial charge in [0.25, 0.3) is 0 Å². The normalized spacial score (nSPS) is 15.1. The third kappa shape index (κ3) is 1.84. The zero-order valence-electron chi connectivity index (χ0n) is 9.32. The van der Waals surface area contributed by atoms with E-state index in [9.17, 15) is 4.79 Å². The van der Waals surface area contributed by atoms with Crippen LogP contribution in [0.4, 0.5) is 0 Å². The molecule has 4 nitrogen and oxygen atoms in total. The van der Waals surface area contributed by atoms with Gasteiger partial charge in [-0.25, -0.2) is 0 Å². The van der Waals surface area contributed by atoms with Gasteiger partial charge in [0.15, 0.2) is 0 Å². The molecule has 0 saturated heterocycles. The maximum absolute atomic E-state index is 12.0. The quantitative estimate of drug-likeness (QED) is 0.642. The van der Waals surface area contributed by atoms with Gasteiger partial charge in [-0.05, 0) is 11.1 Å². The van der Waals surface area contributed by atoms with E-state index in [-0.39, 0.29) is 11.3 Å². The van der Waals surface area contributed by atoms with E-state index in [1.165, 1.54) is 0 Å². The third-order valence-electron chi connectivity index (χ3n) is 2.46. The van der Waals surface area contributed by atoms with Crippen molar-refractivity contribution in [3.8, 4) is 0 Å². The van der Waals surface area contributed by atoms with Crippen molar-refractivity contribution in [2.75, 3.05) is 0 Å². The van der Waals surface area contributed by atoms with E-state index in [0.717, 1.165) is 11.1 Å². The fourth-order valence-electron chi connectivity index (χ4n) is 1.58. The molecular formula is C11H15N3O. The molecule has 15 heavy (non-hydrogen) atoms. The largest absolute Gasteiger partial charge is 0.294 e. The Kier molecular flexibility index (Phi) is 2.21. The van der Waals surface area contributed by atoms with Crippen LogP contribution >= 0.6 is 0 Å². The fraction of sp³-hybridized carbons (Fsp3) is 0.545. The van der Waals surface area contributed by atoms with Crippen molar-refractivity contribution < 1.29 is 4.79 Å². The van der Waals surface area contributed by atoms with E-state index in [1.54, 1.807) is 4.57 Å². The molecule has 0 unspecified atom stereocenters. The Morgan fingerprint density at radius 3 is 2.07 bits per heavy atom. The van der Waals surface area contributed by atoms with Crippen molar-refractivity contribution >= 4 is 5.91 Å². The number of nitrogens with zero attached hydrogens (tertiary/aromatic N) is 3. The van der Waals surface area contributed by atoms with Gasteiger partial charge >= 0.3 is 0 Å². The third-order valence-corrected chi connectivity index (χ3v) is 2.46. The summed E-state index contributed by atoms with van der Waals surface area (Å²) >= 11 is 0. The molecule has 0 spiro atoms. The van der Waals surface area contributed by atoms with E-state index in [1.807, 2.05) is 33.2 Å². The predicted molar refractivity (Wildman–Crippen MR) is 56.8 cm³/mol. The Morgan fingerprint density at radius 2 is 1.67 bits per heavy atom. The molecule has 0 amide bonds. The molecule has 2 rings (SSSR count). The van der Waals surface area contributed by atoms with E-state index in [4.69, 9.17) is 0 Å². The van der Waals surface area contributed by atoms with Crippen molar-refractivity contribution in [3.63, 3.8) is 0 Å². The van der Waals surface area contributed by atoms with Crippen LogP contribution in [0.5, 0.6) is 0 Å². The van der Waals surface area contributed by atoms with Crippen molar-refractivity contribution in [3.05, 3.63) is 23.5 Å². The highest BCUT2D eigenvalue weighted by Crippen LogP contribution is 2.22. The van der Waals surface area contributed by atoms with Crippen molar-refractivity contribution in [1.82, 2.24) is 4.57 Å². The summed E-state index contributed by atoms with van der Waals surface area (Å²) in [6.07, 6.45) is 3.75. The van der Waals surface area contributed by atoms with Crippen LogP contribution in [0, 0.1) is 5.41 Å². The number of azo groups is 1. The summed E-state index contributed by atoms with van der Waals surface area (Å²) in [5.74, 6) is 0.108. The van der Waals surface area contributed by atoms with Crippen LogP contribution in [0.15, 0.2) is 22.6 Å². The molecule has 1 aromatic heterocycles. The smallest absolute Gasteiger partial charge is 0.235 e. The SMILES string of the molecule is CC(C)(C)C(=O)n1cc2c(c1)CN=NC2. The number of hydrogen-bond donors (Lipinski definition) is 0. The van der Waals surface area contributed by atoms with Crippen molar-refractivity contribution in [2.45, 2.75) is 33.9 Å². The van der Waals surface area contributed by atoms with Crippen LogP contribution in [0.1, 0.15) is 36.7 Å². The van der Waals surface area contributed by atoms with Gasteiger partial charge < -0.3 is 0 Å². The van der Waals surface area contributed by atoms with Gasteiger partial charge in [0.2, 0.25) is 5.91 Å². The first-order valence-electron chi connectivity index (χ1n) is 5.06. The minimum atomic E-state index is -0.351. The topological polar surface area (TPSA) is 46.7 Å². The van der Waals surface area contributed by atoms with Crippen LogP contribution in [0.3, 0.4) is 0 Å². The lowest BCUT2D eigenvalue weighted by Crippen LogP contribution is -2.25. The summed E-state index contributed by atoms with van der Waals surface area (Å²) in [6, 6.07) is 0. The Morgan fingerprint density at radius 1 is 1.20 bits per heavy atom. The Labute approximate surface area is 89.0 Å². The van der Waals surface area contributed by atoms with Crippen LogP contribution in [0.2, 0.25) is 0 Å². The van der Waals surface area contributed by atoms with Gasteiger partial charge in [-0.2, -0.15) is 10.2 Å². The van der Waals surface area contributed by atoms with Crippen molar-refractivity contribution in [2.24, 2.45) is 15.6 Å². The zero-order valence-corrected chi connectivity index (χ0v) is 9.32. The van der Waals surface area contributed by atoms with Crippen LogP contribution in [0.25, 0.3) is 0 Å². The Hall–Kier alpha value is -1.45. The van der Waals surface area contributed by atoms with E-state index in [0.29, 0.717) is 13.1 Å². The summed E-state index contributed by atoms with van der Waals surface area (Å²) in [5, 5.41) is 7.91. The van der Waals surface area contributed by atoms with Gasteiger partial charge in [0, 0.05) is 17.8 Å². The summed E-state index contributed by atoms with van der Waals surface area (Å²) in [7, 11) is 0. The molecule has 0 aliphatic carbocycles. The lowest BCUT2D eigenvalue weighted by atomic mass is 9.96. The summed E-state index contributed by atoms with van der Waals surface area (Å²) in [4.78, 5) is 12.0. The lowest BCUT2D eigenvalue weighted by Gasteiger charge is -2.16. The molecule has 1 aliphatic rings. The molecule has 0 radical (unpaired) electrons. The lowest BCUT2D eigenvalue weighted by molar-refractivity contribution is 0.0767. The molecule has 0 aromatic carbocycles. The first-order chi connectivity index (χ1) is 6.98. The summed E-state index contributed by atoms with van der Waals surface area (Å²) in [6.45, 7) is 6.95. The number of rotatable bonds is 0. The molecule has 0 saturated carbocycles. The van der Waals surface area contributed by atoms with E-state index >= 15 is 0 Å². The van der Waals surface area contributed by atoms with E-state index in [2.05, 4.69) is 10.2 Å². The maximum atomic E-state index is 12.0. The Bertz CT molecular complexity index is 398. The number of hydrogen-bond acceptors (Lipinski definition) is 3. The molecule has 1 aromatic rings. The number of fused-ring (bicyclic) bond motifs is 1. The molecule has 0 atom stereocenters. The van der Waals surface area contributed by atoms with Crippen LogP contribution in [-0.4, -0.2) is 10.5 Å². The molecule has 2 heterocycles. The van der Waals surface area contributed by atoms with Crippen LogP contribution < -0.4 is 0 Å². The molecule has 4 heteroatoms.